The summed E-state index contributed by atoms with van der Waals surface area (Å²) in [6.45, 7) is 9.83. The Kier molecular flexibility index (Phi) is 5.41. The lowest BCUT2D eigenvalue weighted by atomic mass is 10.1. The van der Waals surface area contributed by atoms with E-state index in [-0.39, 0.29) is 5.54 Å². The normalized spacial score (nSPS) is 11.7. The van der Waals surface area contributed by atoms with Crippen LogP contribution in [0.1, 0.15) is 37.6 Å². The fourth-order valence-electron chi connectivity index (χ4n) is 1.95. The number of ether oxygens (including phenoxy) is 1. The van der Waals surface area contributed by atoms with Gasteiger partial charge in [-0.3, -0.25) is 0 Å². The van der Waals surface area contributed by atoms with Crippen LogP contribution in [-0.4, -0.2) is 10.5 Å². The quantitative estimate of drug-likeness (QED) is 0.831. The van der Waals surface area contributed by atoms with Crippen LogP contribution in [0.25, 0.3) is 0 Å². The molecule has 0 aliphatic heterocycles. The molecule has 0 saturated heterocycles. The molecule has 2 rings (SSSR count). The number of hydrogen-bond acceptors (Lipinski definition) is 4. The number of aryl methyl sites for hydroxylation is 1. The van der Waals surface area contributed by atoms with Crippen LogP contribution in [0.3, 0.4) is 0 Å². The number of thiazole rings is 1. The van der Waals surface area contributed by atoms with Crippen molar-refractivity contribution in [2.45, 2.75) is 46.4 Å². The molecule has 0 radical (unpaired) electrons. The van der Waals surface area contributed by atoms with Gasteiger partial charge in [0.15, 0.2) is 0 Å². The summed E-state index contributed by atoms with van der Waals surface area (Å²) in [6, 6.07) is 4.19. The van der Waals surface area contributed by atoms with Gasteiger partial charge in [0.2, 0.25) is 0 Å². The number of aromatic nitrogens is 1. The second-order valence-corrected chi connectivity index (χ2v) is 7.72. The first-order valence-electron chi connectivity index (χ1n) is 6.89. The Bertz CT molecular complexity index is 591. The summed E-state index contributed by atoms with van der Waals surface area (Å²) in [4.78, 5) is 4.26. The monoisotopic (exact) mass is 368 g/mol. The van der Waals surface area contributed by atoms with Crippen LogP contribution in [0.5, 0.6) is 5.75 Å². The Morgan fingerprint density at radius 2 is 2.10 bits per heavy atom. The molecule has 0 unspecified atom stereocenters. The summed E-state index contributed by atoms with van der Waals surface area (Å²) in [5.41, 5.74) is 5.16. The topological polar surface area (TPSA) is 34.1 Å². The highest BCUT2D eigenvalue weighted by atomic mass is 79.9. The first-order valence-corrected chi connectivity index (χ1v) is 8.62. The van der Waals surface area contributed by atoms with Crippen molar-refractivity contribution < 1.29 is 4.74 Å². The van der Waals surface area contributed by atoms with Crippen molar-refractivity contribution in [1.82, 2.24) is 10.3 Å². The lowest BCUT2D eigenvalue weighted by Gasteiger charge is -2.22. The van der Waals surface area contributed by atoms with Crippen molar-refractivity contribution in [3.63, 3.8) is 0 Å². The summed E-state index contributed by atoms with van der Waals surface area (Å²) in [7, 11) is 0. The van der Waals surface area contributed by atoms with Crippen molar-refractivity contribution >= 4 is 27.3 Å². The number of hydrogen-bond donors (Lipinski definition) is 1. The van der Waals surface area contributed by atoms with Gasteiger partial charge in [-0.1, -0.05) is 15.9 Å². The Morgan fingerprint density at radius 1 is 1.33 bits per heavy atom. The molecule has 0 aliphatic carbocycles. The molecule has 114 valence electrons. The molecule has 0 saturated carbocycles. The maximum absolute atomic E-state index is 6.02. The summed E-state index contributed by atoms with van der Waals surface area (Å²) < 4.78 is 7.09. The van der Waals surface area contributed by atoms with Crippen LogP contribution in [-0.2, 0) is 13.2 Å². The van der Waals surface area contributed by atoms with Gasteiger partial charge < -0.3 is 10.1 Å². The molecule has 0 fully saturated rings. The van der Waals surface area contributed by atoms with E-state index in [9.17, 15) is 0 Å². The highest BCUT2D eigenvalue weighted by molar-refractivity contribution is 9.10. The predicted molar refractivity (Wildman–Crippen MR) is 91.9 cm³/mol. The second-order valence-electron chi connectivity index (χ2n) is 6.08. The zero-order chi connectivity index (χ0) is 15.5. The third-order valence-corrected chi connectivity index (χ3v) is 4.07. The average molecular weight is 369 g/mol. The fraction of sp³-hybridized carbons (Fsp3) is 0.438. The Labute approximate surface area is 138 Å². The van der Waals surface area contributed by atoms with Crippen LogP contribution >= 0.6 is 27.3 Å². The molecule has 0 atom stereocenters. The number of nitrogens with zero attached hydrogens (tertiary/aromatic N) is 1. The lowest BCUT2D eigenvalue weighted by Crippen LogP contribution is -2.35. The third kappa shape index (κ3) is 5.09. The van der Waals surface area contributed by atoms with Gasteiger partial charge in [-0.15, -0.1) is 11.3 Å². The summed E-state index contributed by atoms with van der Waals surface area (Å²) in [5, 5.41) is 5.53. The number of halogens is 1. The zero-order valence-corrected chi connectivity index (χ0v) is 15.3. The van der Waals surface area contributed by atoms with Gasteiger partial charge in [0.05, 0.1) is 11.2 Å². The largest absolute Gasteiger partial charge is 0.487 e. The van der Waals surface area contributed by atoms with Gasteiger partial charge >= 0.3 is 0 Å². The molecule has 1 heterocycles. The molecule has 21 heavy (non-hydrogen) atoms. The molecule has 1 aromatic carbocycles. The highest BCUT2D eigenvalue weighted by Gasteiger charge is 2.14. The molecular formula is C16H21BrN2OS. The molecule has 2 aromatic rings. The Hall–Kier alpha value is -0.910. The van der Waals surface area contributed by atoms with Gasteiger partial charge in [-0.2, -0.15) is 0 Å². The van der Waals surface area contributed by atoms with E-state index in [1.54, 1.807) is 11.3 Å². The third-order valence-electron chi connectivity index (χ3n) is 2.97. The molecule has 0 aliphatic rings. The predicted octanol–water partition coefficient (Wildman–Crippen LogP) is 4.68. The van der Waals surface area contributed by atoms with Crippen LogP contribution in [0.2, 0.25) is 0 Å². The van der Waals surface area contributed by atoms with Crippen molar-refractivity contribution in [3.05, 3.63) is 44.3 Å². The first-order chi connectivity index (χ1) is 9.85. The van der Waals surface area contributed by atoms with Gasteiger partial charge in [0, 0.05) is 27.5 Å². The van der Waals surface area contributed by atoms with Gasteiger partial charge in [-0.25, -0.2) is 4.98 Å². The van der Waals surface area contributed by atoms with E-state index < -0.39 is 0 Å². The van der Waals surface area contributed by atoms with E-state index in [1.807, 2.05) is 10.9 Å². The SMILES string of the molecule is Cc1cc(Br)cc(CNC(C)(C)C)c1OCc1cscn1. The molecule has 1 N–H and O–H groups in total. The van der Waals surface area contributed by atoms with E-state index >= 15 is 0 Å². The van der Waals surface area contributed by atoms with E-state index in [2.05, 4.69) is 66.1 Å². The second kappa shape index (κ2) is 6.90. The molecule has 0 spiro atoms. The Morgan fingerprint density at radius 3 is 2.71 bits per heavy atom. The lowest BCUT2D eigenvalue weighted by molar-refractivity contribution is 0.294. The smallest absolute Gasteiger partial charge is 0.131 e. The number of benzene rings is 1. The van der Waals surface area contributed by atoms with E-state index in [0.29, 0.717) is 6.61 Å². The van der Waals surface area contributed by atoms with Crippen molar-refractivity contribution in [2.24, 2.45) is 0 Å². The molecule has 3 nitrogen and oxygen atoms in total. The standard InChI is InChI=1S/C16H21BrN2OS/c1-11-5-13(17)6-12(7-19-16(2,3)4)15(11)20-8-14-9-21-10-18-14/h5-6,9-10,19H,7-8H2,1-4H3. The fourth-order valence-corrected chi connectivity index (χ4v) is 3.12. The molecular weight excluding hydrogens is 348 g/mol. The van der Waals surface area contributed by atoms with Crippen molar-refractivity contribution in [2.75, 3.05) is 0 Å². The molecule has 0 amide bonds. The van der Waals surface area contributed by atoms with Crippen LogP contribution in [0.15, 0.2) is 27.5 Å². The zero-order valence-electron chi connectivity index (χ0n) is 12.9. The molecule has 1 aromatic heterocycles. The maximum atomic E-state index is 6.02. The van der Waals surface area contributed by atoms with Crippen LogP contribution < -0.4 is 10.1 Å². The van der Waals surface area contributed by atoms with Crippen LogP contribution in [0, 0.1) is 6.92 Å². The van der Waals surface area contributed by atoms with Crippen molar-refractivity contribution in [3.8, 4) is 5.75 Å². The molecule has 0 bridgehead atoms. The van der Waals surface area contributed by atoms with Gasteiger partial charge in [0.1, 0.15) is 12.4 Å². The minimum absolute atomic E-state index is 0.0718. The first kappa shape index (κ1) is 16.5. The minimum atomic E-state index is 0.0718. The average Bonchev–Trinajstić information content (AvgIpc) is 2.87. The summed E-state index contributed by atoms with van der Waals surface area (Å²) >= 11 is 5.15. The summed E-state index contributed by atoms with van der Waals surface area (Å²) in [5.74, 6) is 0.947. The molecule has 5 heteroatoms. The van der Waals surface area contributed by atoms with E-state index in [4.69, 9.17) is 4.74 Å². The minimum Gasteiger partial charge on any atom is -0.487 e. The van der Waals surface area contributed by atoms with E-state index in [0.717, 1.165) is 33.6 Å². The maximum Gasteiger partial charge on any atom is 0.131 e. The highest BCUT2D eigenvalue weighted by Crippen LogP contribution is 2.29. The van der Waals surface area contributed by atoms with Gasteiger partial charge in [0.25, 0.3) is 0 Å². The van der Waals surface area contributed by atoms with Crippen LogP contribution in [0.4, 0.5) is 0 Å². The van der Waals surface area contributed by atoms with Gasteiger partial charge in [-0.05, 0) is 45.4 Å². The summed E-state index contributed by atoms with van der Waals surface area (Å²) in [6.07, 6.45) is 0. The number of nitrogens with one attached hydrogen (secondary N) is 1. The van der Waals surface area contributed by atoms with E-state index in [1.165, 1.54) is 0 Å². The number of rotatable bonds is 5. The van der Waals surface area contributed by atoms with Crippen molar-refractivity contribution in [1.29, 1.82) is 0 Å². The Balaban J connectivity index is 2.17.